The second-order valence-corrected chi connectivity index (χ2v) is 8.32. The smallest absolute Gasteiger partial charge is 0.391 e. The van der Waals surface area contributed by atoms with Gasteiger partial charge in [0, 0.05) is 28.8 Å². The van der Waals surface area contributed by atoms with E-state index in [0.717, 1.165) is 40.9 Å². The van der Waals surface area contributed by atoms with Gasteiger partial charge in [-0.25, -0.2) is 9.50 Å². The Morgan fingerprint density at radius 3 is 2.61 bits per heavy atom. The van der Waals surface area contributed by atoms with Crippen molar-refractivity contribution in [2.24, 2.45) is 0 Å². The highest BCUT2D eigenvalue weighted by atomic mass is 19.4. The van der Waals surface area contributed by atoms with Gasteiger partial charge in [0.2, 0.25) is 5.95 Å². The number of alkyl halides is 3. The Labute approximate surface area is 177 Å². The quantitative estimate of drug-likeness (QED) is 0.624. The van der Waals surface area contributed by atoms with Crippen molar-refractivity contribution in [3.8, 4) is 11.1 Å². The average Bonchev–Trinajstić information content (AvgIpc) is 3.06. The van der Waals surface area contributed by atoms with Crippen LogP contribution < -0.4 is 5.32 Å². The second-order valence-electron chi connectivity index (χ2n) is 8.32. The maximum absolute atomic E-state index is 12.7. The van der Waals surface area contributed by atoms with Crippen LogP contribution in [0.2, 0.25) is 0 Å². The summed E-state index contributed by atoms with van der Waals surface area (Å²) in [5.41, 5.74) is 4.26. The topological polar surface area (TPSA) is 88.2 Å². The lowest BCUT2D eigenvalue weighted by atomic mass is 9.85. The Hall–Kier alpha value is -2.75. The number of fused-ring (bicyclic) bond motifs is 1. The van der Waals surface area contributed by atoms with Crippen LogP contribution in [0.15, 0.2) is 24.5 Å². The SMILES string of the molecule is Cc1cc(-c2cc([C@H]3CC[C@H](O)CC3)n3nc(N[C@@H](C)CC(F)(F)F)ncc23)cnn1. The fourth-order valence-corrected chi connectivity index (χ4v) is 4.21. The van der Waals surface area contributed by atoms with Gasteiger partial charge >= 0.3 is 6.18 Å². The monoisotopic (exact) mass is 434 g/mol. The van der Waals surface area contributed by atoms with E-state index < -0.39 is 18.6 Å². The summed E-state index contributed by atoms with van der Waals surface area (Å²) >= 11 is 0. The number of aliphatic hydroxyl groups excluding tert-OH is 1. The van der Waals surface area contributed by atoms with Gasteiger partial charge in [0.15, 0.2) is 0 Å². The van der Waals surface area contributed by atoms with Crippen LogP contribution in [0.25, 0.3) is 16.6 Å². The van der Waals surface area contributed by atoms with Gasteiger partial charge in [-0.3, -0.25) is 0 Å². The van der Waals surface area contributed by atoms with Crippen LogP contribution in [-0.2, 0) is 0 Å². The maximum atomic E-state index is 12.7. The van der Waals surface area contributed by atoms with E-state index in [0.29, 0.717) is 12.8 Å². The van der Waals surface area contributed by atoms with E-state index in [1.165, 1.54) is 6.92 Å². The molecule has 1 fully saturated rings. The van der Waals surface area contributed by atoms with Crippen molar-refractivity contribution in [3.63, 3.8) is 0 Å². The molecular weight excluding hydrogens is 409 g/mol. The van der Waals surface area contributed by atoms with Gasteiger partial charge in [0.1, 0.15) is 0 Å². The minimum absolute atomic E-state index is 0.146. The fourth-order valence-electron chi connectivity index (χ4n) is 4.21. The molecule has 0 amide bonds. The molecule has 0 aromatic carbocycles. The van der Waals surface area contributed by atoms with Crippen molar-refractivity contribution in [3.05, 3.63) is 35.9 Å². The van der Waals surface area contributed by atoms with Crippen LogP contribution in [0.1, 0.15) is 56.3 Å². The summed E-state index contributed by atoms with van der Waals surface area (Å²) in [6, 6.07) is 3.12. The average molecular weight is 434 g/mol. The molecule has 166 valence electrons. The largest absolute Gasteiger partial charge is 0.393 e. The highest BCUT2D eigenvalue weighted by molar-refractivity contribution is 5.81. The third-order valence-corrected chi connectivity index (χ3v) is 5.66. The lowest BCUT2D eigenvalue weighted by Crippen LogP contribution is -2.25. The van der Waals surface area contributed by atoms with Crippen molar-refractivity contribution in [1.29, 1.82) is 0 Å². The number of aromatic nitrogens is 5. The van der Waals surface area contributed by atoms with Crippen molar-refractivity contribution in [2.75, 3.05) is 5.32 Å². The summed E-state index contributed by atoms with van der Waals surface area (Å²) < 4.78 is 39.9. The van der Waals surface area contributed by atoms with Crippen LogP contribution in [-0.4, -0.2) is 48.2 Å². The minimum atomic E-state index is -4.27. The van der Waals surface area contributed by atoms with Crippen molar-refractivity contribution < 1.29 is 18.3 Å². The van der Waals surface area contributed by atoms with Gasteiger partial charge in [0.25, 0.3) is 0 Å². The zero-order valence-electron chi connectivity index (χ0n) is 17.4. The lowest BCUT2D eigenvalue weighted by molar-refractivity contribution is -0.136. The van der Waals surface area contributed by atoms with Crippen molar-refractivity contribution in [1.82, 2.24) is 24.8 Å². The Balaban J connectivity index is 1.74. The molecule has 1 aliphatic rings. The molecule has 31 heavy (non-hydrogen) atoms. The first kappa shape index (κ1) is 21.5. The summed E-state index contributed by atoms with van der Waals surface area (Å²) in [5.74, 6) is 0.337. The molecule has 0 aliphatic heterocycles. The molecule has 7 nitrogen and oxygen atoms in total. The molecular formula is C21H25F3N6O. The van der Waals surface area contributed by atoms with Crippen molar-refractivity contribution in [2.45, 2.75) is 70.2 Å². The first-order chi connectivity index (χ1) is 14.7. The predicted octanol–water partition coefficient (Wildman–Crippen LogP) is 4.27. The number of aryl methyl sites for hydroxylation is 1. The summed E-state index contributed by atoms with van der Waals surface area (Å²) in [4.78, 5) is 4.27. The van der Waals surface area contributed by atoms with Gasteiger partial charge in [-0.1, -0.05) is 0 Å². The number of aliphatic hydroxyl groups is 1. The number of halogens is 3. The maximum Gasteiger partial charge on any atom is 0.391 e. The standard InChI is InChI=1S/C21H25F3N6O/c1-12-7-15(10-26-28-12)17-8-18(14-3-5-16(31)6-4-14)30-19(17)11-25-20(29-30)27-13(2)9-21(22,23)24/h7-8,10-11,13-14,16,31H,3-6,9H2,1-2H3,(H,27,29)/t13-,14-,16-/m0/s1. The van der Waals surface area contributed by atoms with E-state index in [1.54, 1.807) is 16.9 Å². The van der Waals surface area contributed by atoms with Crippen LogP contribution in [0.4, 0.5) is 19.1 Å². The Morgan fingerprint density at radius 2 is 1.94 bits per heavy atom. The number of hydrogen-bond acceptors (Lipinski definition) is 6. The molecule has 3 aromatic rings. The fraction of sp³-hybridized carbons (Fsp3) is 0.524. The third kappa shape index (κ3) is 4.95. The van der Waals surface area contributed by atoms with Crippen molar-refractivity contribution >= 4 is 11.5 Å². The number of anilines is 1. The Kier molecular flexibility index (Phi) is 5.83. The van der Waals surface area contributed by atoms with E-state index in [-0.39, 0.29) is 18.0 Å². The molecule has 10 heteroatoms. The molecule has 2 N–H and O–H groups in total. The predicted molar refractivity (Wildman–Crippen MR) is 110 cm³/mol. The first-order valence-electron chi connectivity index (χ1n) is 10.4. The molecule has 0 radical (unpaired) electrons. The van der Waals surface area contributed by atoms with Gasteiger partial charge in [-0.05, 0) is 51.7 Å². The van der Waals surface area contributed by atoms with Gasteiger partial charge in [-0.15, -0.1) is 5.10 Å². The summed E-state index contributed by atoms with van der Waals surface area (Å²) in [7, 11) is 0. The van der Waals surface area contributed by atoms with E-state index in [2.05, 4.69) is 25.6 Å². The summed E-state index contributed by atoms with van der Waals surface area (Å²) in [5, 5.41) is 25.2. The van der Waals surface area contributed by atoms with E-state index in [1.807, 2.05) is 19.1 Å². The highest BCUT2D eigenvalue weighted by Gasteiger charge is 2.30. The molecule has 1 aliphatic carbocycles. The van der Waals surface area contributed by atoms with E-state index in [9.17, 15) is 18.3 Å². The molecule has 1 atom stereocenters. The molecule has 3 heterocycles. The zero-order valence-corrected chi connectivity index (χ0v) is 17.4. The molecule has 0 unspecified atom stereocenters. The minimum Gasteiger partial charge on any atom is -0.393 e. The van der Waals surface area contributed by atoms with Gasteiger partial charge in [0.05, 0.1) is 36.1 Å². The van der Waals surface area contributed by atoms with Crippen LogP contribution in [0, 0.1) is 6.92 Å². The molecule has 3 aromatic heterocycles. The molecule has 1 saturated carbocycles. The number of rotatable bonds is 5. The second kappa shape index (κ2) is 8.41. The van der Waals surface area contributed by atoms with Gasteiger partial charge < -0.3 is 10.4 Å². The normalized spacial score (nSPS) is 20.7. The molecule has 0 saturated heterocycles. The zero-order chi connectivity index (χ0) is 22.2. The highest BCUT2D eigenvalue weighted by Crippen LogP contribution is 2.37. The first-order valence-corrected chi connectivity index (χ1v) is 10.4. The van der Waals surface area contributed by atoms with Crippen LogP contribution >= 0.6 is 0 Å². The van der Waals surface area contributed by atoms with Crippen LogP contribution in [0.3, 0.4) is 0 Å². The molecule has 0 bridgehead atoms. The van der Waals surface area contributed by atoms with Gasteiger partial charge in [-0.2, -0.15) is 23.4 Å². The Bertz CT molecular complexity index is 1060. The summed E-state index contributed by atoms with van der Waals surface area (Å²) in [6.45, 7) is 3.32. The Morgan fingerprint density at radius 1 is 1.19 bits per heavy atom. The lowest BCUT2D eigenvalue weighted by Gasteiger charge is -2.25. The third-order valence-electron chi connectivity index (χ3n) is 5.66. The molecule has 0 spiro atoms. The van der Waals surface area contributed by atoms with E-state index >= 15 is 0 Å². The summed E-state index contributed by atoms with van der Waals surface area (Å²) in [6.07, 6.45) is 0.831. The number of nitrogens with one attached hydrogen (secondary N) is 1. The molecule has 4 rings (SSSR count). The van der Waals surface area contributed by atoms with E-state index in [4.69, 9.17) is 0 Å². The number of hydrogen-bond donors (Lipinski definition) is 2. The number of nitrogens with zero attached hydrogens (tertiary/aromatic N) is 5. The van der Waals surface area contributed by atoms with Crippen LogP contribution in [0.5, 0.6) is 0 Å².